The van der Waals surface area contributed by atoms with Crippen molar-refractivity contribution in [1.82, 2.24) is 0 Å². The second-order valence-corrected chi connectivity index (χ2v) is 15.0. The van der Waals surface area contributed by atoms with E-state index in [0.717, 1.165) is 31.2 Å². The maximum atomic E-state index is 3.58. The average molecular weight is 819 g/mol. The molecule has 0 aromatic heterocycles. The van der Waals surface area contributed by atoms with Crippen LogP contribution in [0.5, 0.6) is 0 Å². The van der Waals surface area contributed by atoms with Crippen LogP contribution in [0, 0.1) is 0 Å². The zero-order chi connectivity index (χ0) is 35.6. The fourth-order valence-corrected chi connectivity index (χ4v) is 6.05. The highest BCUT2D eigenvalue weighted by atomic mass is 79.9. The van der Waals surface area contributed by atoms with E-state index in [1.165, 1.54) is 32.1 Å². The van der Waals surface area contributed by atoms with Gasteiger partial charge in [0, 0.05) is 18.7 Å². The van der Waals surface area contributed by atoms with E-state index in [4.69, 9.17) is 0 Å². The average Bonchev–Trinajstić information content (AvgIpc) is 3.14. The lowest BCUT2D eigenvalue weighted by molar-refractivity contribution is 1.45. The van der Waals surface area contributed by atoms with Gasteiger partial charge in [-0.25, -0.2) is 0 Å². The minimum absolute atomic E-state index is 1.06. The number of benzene rings is 4. The summed E-state index contributed by atoms with van der Waals surface area (Å²) in [5.41, 5.74) is 9.28. The summed E-state index contributed by atoms with van der Waals surface area (Å²) in [6.45, 7) is 4.25. The van der Waals surface area contributed by atoms with Crippen molar-refractivity contribution in [2.45, 2.75) is 23.6 Å². The van der Waals surface area contributed by atoms with Crippen molar-refractivity contribution in [2.24, 2.45) is 0 Å². The van der Waals surface area contributed by atoms with E-state index in [9.17, 15) is 0 Å². The van der Waals surface area contributed by atoms with Gasteiger partial charge in [0.25, 0.3) is 0 Å². The summed E-state index contributed by atoms with van der Waals surface area (Å²) in [5, 5.41) is 0. The Morgan fingerprint density at radius 2 is 0.800 bits per heavy atom. The molecule has 252 valence electrons. The van der Waals surface area contributed by atoms with E-state index in [2.05, 4.69) is 240 Å². The number of halogens is 2. The van der Waals surface area contributed by atoms with Crippen molar-refractivity contribution < 1.29 is 0 Å². The van der Waals surface area contributed by atoms with Gasteiger partial charge in [-0.2, -0.15) is 0 Å². The molecule has 4 heteroatoms. The summed E-state index contributed by atoms with van der Waals surface area (Å²) in [4.78, 5) is 2.55. The Kier molecular flexibility index (Phi) is 16.7. The van der Waals surface area contributed by atoms with Crippen molar-refractivity contribution in [2.75, 3.05) is 12.5 Å². The molecule has 0 bridgehead atoms. The monoisotopic (exact) mass is 816 g/mol. The van der Waals surface area contributed by atoms with Gasteiger partial charge in [-0.1, -0.05) is 177 Å². The lowest BCUT2D eigenvalue weighted by atomic mass is 10.0. The van der Waals surface area contributed by atoms with Gasteiger partial charge in [0.15, 0.2) is 0 Å². The molecule has 4 rings (SSSR count). The van der Waals surface area contributed by atoms with Crippen LogP contribution in [-0.2, 0) is 0 Å². The molecule has 0 N–H and O–H groups in total. The molecule has 0 nitrogen and oxygen atoms in total. The molecule has 0 heterocycles. The first-order valence-electron chi connectivity index (χ1n) is 16.3. The molecule has 4 aromatic carbocycles. The maximum Gasteiger partial charge on any atom is 0.0175 e. The number of thioether (sulfide) groups is 2. The maximum absolute atomic E-state index is 3.58. The molecule has 0 amide bonds. The molecular weight excluding hydrogens is 776 g/mol. The van der Waals surface area contributed by atoms with E-state index in [-0.39, 0.29) is 0 Å². The Balaban J connectivity index is 1.54. The standard InChI is InChI=1S/C46H42Br2S2/c1-35(9-7-11-37-17-31-45(49-3)32-18-37)15-21-39(41-23-27-43(47)28-24-41)13-5-6-14-40(42-25-29-44(48)30-26-42)22-16-36(2)10-8-12-38-19-33-46(50-4)34-20-38/h5-34H,1-4H3/b6-5+,11-7+,12-8+,21-15+,22-16+,35-9+,36-10+,39-13-,40-14-. The van der Waals surface area contributed by atoms with Gasteiger partial charge in [-0.05, 0) is 108 Å². The summed E-state index contributed by atoms with van der Waals surface area (Å²) >= 11 is 10.7. The first kappa shape index (κ1) is 39.0. The van der Waals surface area contributed by atoms with Crippen LogP contribution in [0.25, 0.3) is 23.3 Å². The van der Waals surface area contributed by atoms with Crippen molar-refractivity contribution >= 4 is 78.7 Å². The molecule has 0 fully saturated rings. The molecule has 0 saturated heterocycles. The van der Waals surface area contributed by atoms with Crippen molar-refractivity contribution in [1.29, 1.82) is 0 Å². The van der Waals surface area contributed by atoms with Crippen LogP contribution in [0.1, 0.15) is 36.1 Å². The van der Waals surface area contributed by atoms with Crippen molar-refractivity contribution in [3.63, 3.8) is 0 Å². The van der Waals surface area contributed by atoms with Crippen LogP contribution < -0.4 is 0 Å². The molecule has 0 aliphatic carbocycles. The fraction of sp³-hybridized carbons (Fsp3) is 0.0870. The Morgan fingerprint density at radius 3 is 1.14 bits per heavy atom. The zero-order valence-corrected chi connectivity index (χ0v) is 33.7. The van der Waals surface area contributed by atoms with Crippen LogP contribution in [0.15, 0.2) is 200 Å². The van der Waals surface area contributed by atoms with E-state index < -0.39 is 0 Å². The summed E-state index contributed by atoms with van der Waals surface area (Å²) in [6.07, 6.45) is 34.2. The molecule has 0 aliphatic rings. The largest absolute Gasteiger partial charge is 0.130 e. The Morgan fingerprint density at radius 1 is 0.440 bits per heavy atom. The summed E-state index contributed by atoms with van der Waals surface area (Å²) in [7, 11) is 0. The highest BCUT2D eigenvalue weighted by Gasteiger charge is 2.00. The van der Waals surface area contributed by atoms with Gasteiger partial charge >= 0.3 is 0 Å². The second-order valence-electron chi connectivity index (χ2n) is 11.4. The third-order valence-electron chi connectivity index (χ3n) is 7.60. The molecule has 0 radical (unpaired) electrons. The van der Waals surface area contributed by atoms with E-state index in [1.807, 2.05) is 0 Å². The molecule has 4 aromatic rings. The van der Waals surface area contributed by atoms with Crippen molar-refractivity contribution in [3.8, 4) is 0 Å². The number of rotatable bonds is 14. The quantitative estimate of drug-likeness (QED) is 0.0918. The smallest absolute Gasteiger partial charge is 0.0175 e. The van der Waals surface area contributed by atoms with Crippen LogP contribution in [0.3, 0.4) is 0 Å². The molecule has 0 saturated carbocycles. The minimum Gasteiger partial charge on any atom is -0.130 e. The Bertz CT molecular complexity index is 1800. The summed E-state index contributed by atoms with van der Waals surface area (Å²) in [6, 6.07) is 34.1. The predicted molar refractivity (Wildman–Crippen MR) is 234 cm³/mol. The van der Waals surface area contributed by atoms with Gasteiger partial charge in [0.05, 0.1) is 0 Å². The minimum atomic E-state index is 1.06. The Hall–Kier alpha value is -3.80. The van der Waals surface area contributed by atoms with Crippen LogP contribution in [0.4, 0.5) is 0 Å². The zero-order valence-electron chi connectivity index (χ0n) is 28.9. The van der Waals surface area contributed by atoms with E-state index in [0.29, 0.717) is 0 Å². The van der Waals surface area contributed by atoms with Crippen LogP contribution in [-0.4, -0.2) is 12.5 Å². The summed E-state index contributed by atoms with van der Waals surface area (Å²) in [5.74, 6) is 0. The first-order chi connectivity index (χ1) is 24.3. The lowest BCUT2D eigenvalue weighted by Gasteiger charge is -2.04. The van der Waals surface area contributed by atoms with Gasteiger partial charge in [0.1, 0.15) is 0 Å². The van der Waals surface area contributed by atoms with E-state index >= 15 is 0 Å². The van der Waals surface area contributed by atoms with Crippen LogP contribution in [0.2, 0.25) is 0 Å². The van der Waals surface area contributed by atoms with Crippen LogP contribution >= 0.6 is 55.4 Å². The number of hydrogen-bond acceptors (Lipinski definition) is 2. The number of allylic oxidation sites excluding steroid dienone is 16. The van der Waals surface area contributed by atoms with E-state index in [1.54, 1.807) is 23.5 Å². The Labute approximate surface area is 324 Å². The highest BCUT2D eigenvalue weighted by molar-refractivity contribution is 9.10. The van der Waals surface area contributed by atoms with Crippen molar-refractivity contribution in [3.05, 3.63) is 212 Å². The highest BCUT2D eigenvalue weighted by Crippen LogP contribution is 2.23. The van der Waals surface area contributed by atoms with Gasteiger partial charge < -0.3 is 0 Å². The number of hydrogen-bond donors (Lipinski definition) is 0. The molecule has 50 heavy (non-hydrogen) atoms. The third-order valence-corrected chi connectivity index (χ3v) is 10.1. The third kappa shape index (κ3) is 13.8. The first-order valence-corrected chi connectivity index (χ1v) is 20.3. The lowest BCUT2D eigenvalue weighted by Crippen LogP contribution is -1.82. The van der Waals surface area contributed by atoms with Gasteiger partial charge in [-0.3, -0.25) is 0 Å². The van der Waals surface area contributed by atoms with Gasteiger partial charge in [0.2, 0.25) is 0 Å². The molecule has 0 aliphatic heterocycles. The fourth-order valence-electron chi connectivity index (χ4n) is 4.70. The SMILES string of the molecule is CSc1ccc(/C=C/C=C(C)/C=C/C(=C/C=C/C=C(/C=C/C(C)=C/C=C/c2ccc(SC)cc2)c2ccc(Br)cc2)c2ccc(Br)cc2)cc1. The predicted octanol–water partition coefficient (Wildman–Crippen LogP) is 15.1. The topological polar surface area (TPSA) is 0 Å². The molecule has 0 unspecified atom stereocenters. The summed E-state index contributed by atoms with van der Waals surface area (Å²) < 4.78 is 2.12. The molecule has 0 spiro atoms. The molecule has 0 atom stereocenters. The normalized spacial score (nSPS) is 13.6. The van der Waals surface area contributed by atoms with Gasteiger partial charge in [-0.15, -0.1) is 23.5 Å². The second kappa shape index (κ2) is 21.4. The molecular formula is C46H42Br2S2.